The number of anilines is 1. The van der Waals surface area contributed by atoms with Crippen molar-refractivity contribution in [2.24, 2.45) is 9.98 Å². The maximum absolute atomic E-state index is 13.7. The summed E-state index contributed by atoms with van der Waals surface area (Å²) in [7, 11) is 1.56. The Bertz CT molecular complexity index is 2190. The molecule has 0 spiro atoms. The van der Waals surface area contributed by atoms with Crippen molar-refractivity contribution in [2.45, 2.75) is 58.2 Å². The van der Waals surface area contributed by atoms with Gasteiger partial charge in [-0.15, -0.1) is 11.3 Å². The molecule has 2 amide bonds. The van der Waals surface area contributed by atoms with Crippen molar-refractivity contribution in [1.29, 1.82) is 0 Å². The van der Waals surface area contributed by atoms with E-state index in [4.69, 9.17) is 24.2 Å². The van der Waals surface area contributed by atoms with Crippen LogP contribution < -0.4 is 19.5 Å². The zero-order valence-corrected chi connectivity index (χ0v) is 31.0. The predicted octanol–water partition coefficient (Wildman–Crippen LogP) is 8.68. The van der Waals surface area contributed by atoms with E-state index in [1.54, 1.807) is 40.4 Å². The Labute approximate surface area is 313 Å². The van der Waals surface area contributed by atoms with Crippen LogP contribution in [0, 0.1) is 6.92 Å². The minimum Gasteiger partial charge on any atom is -0.493 e. The molecule has 4 aliphatic rings. The number of hydrogen-bond donors (Lipinski definition) is 1. The molecule has 4 aromatic rings. The number of carbonyl (C=O) groups is 2. The van der Waals surface area contributed by atoms with E-state index >= 15 is 0 Å². The maximum atomic E-state index is 13.7. The van der Waals surface area contributed by atoms with Gasteiger partial charge in [-0.1, -0.05) is 18.2 Å². The van der Waals surface area contributed by atoms with Gasteiger partial charge < -0.3 is 29.3 Å². The Balaban J connectivity index is 0.890. The number of hydrogen-bond acceptors (Lipinski definition) is 9. The lowest BCUT2D eigenvalue weighted by Crippen LogP contribution is -2.32. The standard InChI is InChI=1S/C42H41N5O5S/c1-25(2)45-30-10-8-27(9-11-30)28-16-31-21-43-35-19-37(26(3)15-33(35)41(48)46(31)23-28)51-12-6-13-52-39-20-36-34(18-38(39)50-4)42(49)47-24-29(17-32(47)22-44-36)40-7-5-14-53-40/h5,7-11,14-15,18-25,31-32,45H,6,12-13,16-17H2,1-4H3/t31-,32-/m0/s1. The summed E-state index contributed by atoms with van der Waals surface area (Å²) in [6, 6.07) is 19.7. The van der Waals surface area contributed by atoms with Gasteiger partial charge in [-0.25, -0.2) is 0 Å². The molecule has 1 aromatic heterocycles. The highest BCUT2D eigenvalue weighted by Gasteiger charge is 2.35. The number of nitrogens with one attached hydrogen (secondary N) is 1. The number of nitrogens with zero attached hydrogens (tertiary/aromatic N) is 4. The molecule has 53 heavy (non-hydrogen) atoms. The van der Waals surface area contributed by atoms with E-state index in [1.165, 1.54) is 0 Å². The topological polar surface area (TPSA) is 105 Å². The lowest BCUT2D eigenvalue weighted by Gasteiger charge is -2.19. The number of ether oxygens (including phenoxy) is 3. The SMILES string of the molecule is COc1cc2c(cc1OCCCOc1cc3c(cc1C)C(=O)N1C=C(c4ccc(NC(C)C)cc4)C[C@H]1C=N3)N=C[C@@H]1CC(c3cccs3)=CN1C2=O. The van der Waals surface area contributed by atoms with Crippen LogP contribution in [-0.2, 0) is 0 Å². The normalized spacial score (nSPS) is 18.5. The van der Waals surface area contributed by atoms with Crippen molar-refractivity contribution in [3.8, 4) is 17.2 Å². The summed E-state index contributed by atoms with van der Waals surface area (Å²) in [5.41, 5.74) is 7.46. The number of fused-ring (bicyclic) bond motifs is 4. The van der Waals surface area contributed by atoms with Gasteiger partial charge in [0, 0.05) is 72.8 Å². The second-order valence-corrected chi connectivity index (χ2v) is 14.8. The van der Waals surface area contributed by atoms with E-state index in [-0.39, 0.29) is 23.9 Å². The van der Waals surface area contributed by atoms with E-state index in [2.05, 4.69) is 49.5 Å². The summed E-state index contributed by atoms with van der Waals surface area (Å²) < 4.78 is 17.9. The molecule has 3 aromatic carbocycles. The number of carbonyl (C=O) groups excluding carboxylic acids is 2. The third-order valence-corrected chi connectivity index (χ3v) is 10.7. The number of benzene rings is 3. The molecule has 1 N–H and O–H groups in total. The molecule has 0 radical (unpaired) electrons. The van der Waals surface area contributed by atoms with Crippen LogP contribution in [0.15, 0.2) is 88.4 Å². The molecular weight excluding hydrogens is 687 g/mol. The molecule has 11 heteroatoms. The Morgan fingerprint density at radius 1 is 0.811 bits per heavy atom. The average molecular weight is 728 g/mol. The van der Waals surface area contributed by atoms with Gasteiger partial charge in [0.2, 0.25) is 0 Å². The first-order valence-corrected chi connectivity index (χ1v) is 18.8. The zero-order chi connectivity index (χ0) is 36.6. The predicted molar refractivity (Wildman–Crippen MR) is 211 cm³/mol. The first kappa shape index (κ1) is 34.4. The van der Waals surface area contributed by atoms with Crippen LogP contribution in [0.4, 0.5) is 17.1 Å². The second kappa shape index (κ2) is 14.4. The molecule has 0 bridgehead atoms. The van der Waals surface area contributed by atoms with Gasteiger partial charge in [0.05, 0.1) is 54.9 Å². The second-order valence-electron chi connectivity index (χ2n) is 13.9. The highest BCUT2D eigenvalue weighted by Crippen LogP contribution is 2.41. The summed E-state index contributed by atoms with van der Waals surface area (Å²) in [4.78, 5) is 41.5. The van der Waals surface area contributed by atoms with Crippen LogP contribution in [0.1, 0.15) is 69.8 Å². The number of aryl methyl sites for hydroxylation is 1. The van der Waals surface area contributed by atoms with E-state index in [1.807, 2.05) is 55.3 Å². The fourth-order valence-corrected chi connectivity index (χ4v) is 7.87. The molecule has 0 saturated carbocycles. The molecular formula is C42H41N5O5S. The van der Waals surface area contributed by atoms with E-state index < -0.39 is 0 Å². The fourth-order valence-electron chi connectivity index (χ4n) is 7.12. The molecule has 2 atom stereocenters. The lowest BCUT2D eigenvalue weighted by molar-refractivity contribution is 0.0809. The summed E-state index contributed by atoms with van der Waals surface area (Å²) in [5.74, 6) is 1.47. The molecule has 8 rings (SSSR count). The highest BCUT2D eigenvalue weighted by molar-refractivity contribution is 7.11. The third-order valence-electron chi connectivity index (χ3n) is 9.79. The number of amides is 2. The van der Waals surface area contributed by atoms with Crippen molar-refractivity contribution >= 4 is 63.8 Å². The number of thiophene rings is 1. The van der Waals surface area contributed by atoms with E-state index in [0.717, 1.165) is 39.3 Å². The molecule has 5 heterocycles. The van der Waals surface area contributed by atoms with Gasteiger partial charge in [-0.2, -0.15) is 0 Å². The molecule has 4 aliphatic heterocycles. The number of aliphatic imine (C=N–C) groups is 2. The fraction of sp³-hybridized carbons (Fsp3) is 0.286. The Morgan fingerprint density at radius 2 is 1.43 bits per heavy atom. The first-order chi connectivity index (χ1) is 25.7. The van der Waals surface area contributed by atoms with Crippen molar-refractivity contribution in [1.82, 2.24) is 9.80 Å². The van der Waals surface area contributed by atoms with Crippen LogP contribution in [0.5, 0.6) is 17.2 Å². The first-order valence-electron chi connectivity index (χ1n) is 17.9. The average Bonchev–Trinajstić information content (AvgIpc) is 3.91. The molecule has 0 fully saturated rings. The molecule has 270 valence electrons. The van der Waals surface area contributed by atoms with Crippen LogP contribution >= 0.6 is 11.3 Å². The van der Waals surface area contributed by atoms with Crippen molar-refractivity contribution < 1.29 is 23.8 Å². The minimum absolute atomic E-state index is 0.0700. The molecule has 0 saturated heterocycles. The van der Waals surface area contributed by atoms with Gasteiger partial charge in [0.25, 0.3) is 11.8 Å². The van der Waals surface area contributed by atoms with E-state index in [9.17, 15) is 9.59 Å². The van der Waals surface area contributed by atoms with E-state index in [0.29, 0.717) is 71.8 Å². The zero-order valence-electron chi connectivity index (χ0n) is 30.2. The third kappa shape index (κ3) is 6.84. The smallest absolute Gasteiger partial charge is 0.260 e. The highest BCUT2D eigenvalue weighted by atomic mass is 32.1. The summed E-state index contributed by atoms with van der Waals surface area (Å²) in [5, 5.41) is 5.46. The molecule has 0 unspecified atom stereocenters. The Hall–Kier alpha value is -5.68. The number of rotatable bonds is 11. The van der Waals surface area contributed by atoms with Gasteiger partial charge in [-0.3, -0.25) is 19.6 Å². The number of methoxy groups -OCH3 is 1. The molecule has 10 nitrogen and oxygen atoms in total. The lowest BCUT2D eigenvalue weighted by atomic mass is 10.0. The summed E-state index contributed by atoms with van der Waals surface area (Å²) in [6.45, 7) is 6.92. The van der Waals surface area contributed by atoms with Gasteiger partial charge >= 0.3 is 0 Å². The van der Waals surface area contributed by atoms with Gasteiger partial charge in [0.1, 0.15) is 5.75 Å². The maximum Gasteiger partial charge on any atom is 0.260 e. The minimum atomic E-state index is -0.146. The molecule has 0 aliphatic carbocycles. The van der Waals surface area contributed by atoms with Crippen LogP contribution in [-0.4, -0.2) is 72.5 Å². The van der Waals surface area contributed by atoms with Crippen LogP contribution in [0.25, 0.3) is 11.1 Å². The summed E-state index contributed by atoms with van der Waals surface area (Å²) in [6.07, 6.45) is 9.62. The Morgan fingerprint density at radius 3 is 2.08 bits per heavy atom. The quantitative estimate of drug-likeness (QED) is 0.155. The van der Waals surface area contributed by atoms with Gasteiger partial charge in [0.15, 0.2) is 11.5 Å². The van der Waals surface area contributed by atoms with Crippen LogP contribution in [0.3, 0.4) is 0 Å². The monoisotopic (exact) mass is 727 g/mol. The van der Waals surface area contributed by atoms with Gasteiger partial charge in [-0.05, 0) is 78.8 Å². The largest absolute Gasteiger partial charge is 0.493 e. The van der Waals surface area contributed by atoms with Crippen LogP contribution in [0.2, 0.25) is 0 Å². The summed E-state index contributed by atoms with van der Waals surface area (Å²) >= 11 is 1.67. The van der Waals surface area contributed by atoms with Crippen molar-refractivity contribution in [2.75, 3.05) is 25.6 Å². The van der Waals surface area contributed by atoms with Crippen molar-refractivity contribution in [3.63, 3.8) is 0 Å². The van der Waals surface area contributed by atoms with Crippen molar-refractivity contribution in [3.05, 3.63) is 106 Å². The Kier molecular flexibility index (Phi) is 9.34.